The van der Waals surface area contributed by atoms with Crippen molar-refractivity contribution in [2.45, 2.75) is 26.6 Å². The second kappa shape index (κ2) is 4.59. The zero-order valence-electron chi connectivity index (χ0n) is 9.86. The van der Waals surface area contributed by atoms with Gasteiger partial charge in [0.1, 0.15) is 0 Å². The molecule has 17 heavy (non-hydrogen) atoms. The van der Waals surface area contributed by atoms with E-state index in [2.05, 4.69) is 4.98 Å². The van der Waals surface area contributed by atoms with Gasteiger partial charge < -0.3 is 14.8 Å². The molecule has 0 fully saturated rings. The summed E-state index contributed by atoms with van der Waals surface area (Å²) >= 11 is 0. The Balaban J connectivity index is 2.36. The lowest BCUT2D eigenvalue weighted by Crippen LogP contribution is -2.02. The standard InChI is InChI=1S/C13H15NO3/c1-8(2)17-7-9-6-11-10(13(15)16)4-3-5-12(11)14-9/h3-6,8,14H,7H2,1-2H3,(H,15,16). The van der Waals surface area contributed by atoms with Crippen LogP contribution in [0.4, 0.5) is 0 Å². The van der Waals surface area contributed by atoms with Gasteiger partial charge in [-0.15, -0.1) is 0 Å². The summed E-state index contributed by atoms with van der Waals surface area (Å²) in [4.78, 5) is 14.2. The first-order valence-electron chi connectivity index (χ1n) is 5.53. The van der Waals surface area contributed by atoms with Gasteiger partial charge in [-0.25, -0.2) is 4.79 Å². The van der Waals surface area contributed by atoms with Crippen molar-refractivity contribution in [3.63, 3.8) is 0 Å². The third kappa shape index (κ3) is 2.47. The maximum atomic E-state index is 11.0. The molecule has 0 saturated heterocycles. The summed E-state index contributed by atoms with van der Waals surface area (Å²) < 4.78 is 5.48. The summed E-state index contributed by atoms with van der Waals surface area (Å²) in [6, 6.07) is 7.03. The van der Waals surface area contributed by atoms with Gasteiger partial charge in [0.05, 0.1) is 18.3 Å². The number of ether oxygens (including phenoxy) is 1. The zero-order valence-corrected chi connectivity index (χ0v) is 9.86. The van der Waals surface area contributed by atoms with Crippen molar-refractivity contribution >= 4 is 16.9 Å². The molecule has 2 aromatic rings. The predicted octanol–water partition coefficient (Wildman–Crippen LogP) is 2.79. The van der Waals surface area contributed by atoms with E-state index in [1.165, 1.54) is 0 Å². The molecule has 0 unspecified atom stereocenters. The third-order valence-electron chi connectivity index (χ3n) is 2.52. The summed E-state index contributed by atoms with van der Waals surface area (Å²) in [7, 11) is 0. The van der Waals surface area contributed by atoms with Gasteiger partial charge in [0.2, 0.25) is 0 Å². The van der Waals surface area contributed by atoms with E-state index >= 15 is 0 Å². The summed E-state index contributed by atoms with van der Waals surface area (Å²) in [5.74, 6) is -0.911. The minimum atomic E-state index is -0.911. The maximum Gasteiger partial charge on any atom is 0.336 e. The van der Waals surface area contributed by atoms with Crippen LogP contribution in [0.25, 0.3) is 10.9 Å². The largest absolute Gasteiger partial charge is 0.478 e. The molecule has 0 radical (unpaired) electrons. The number of rotatable bonds is 4. The Kier molecular flexibility index (Phi) is 3.15. The van der Waals surface area contributed by atoms with Crippen molar-refractivity contribution in [3.8, 4) is 0 Å². The lowest BCUT2D eigenvalue weighted by atomic mass is 10.1. The molecular formula is C13H15NO3. The average Bonchev–Trinajstić information content (AvgIpc) is 2.68. The highest BCUT2D eigenvalue weighted by atomic mass is 16.5. The van der Waals surface area contributed by atoms with Crippen LogP contribution in [0.15, 0.2) is 24.3 Å². The smallest absolute Gasteiger partial charge is 0.336 e. The number of carboxylic acid groups (broad SMARTS) is 1. The Bertz CT molecular complexity index is 543. The van der Waals surface area contributed by atoms with E-state index in [4.69, 9.17) is 9.84 Å². The Hall–Kier alpha value is -1.81. The second-order valence-electron chi connectivity index (χ2n) is 4.23. The highest BCUT2D eigenvalue weighted by molar-refractivity contribution is 6.03. The van der Waals surface area contributed by atoms with Crippen LogP contribution in [0, 0.1) is 0 Å². The van der Waals surface area contributed by atoms with Crippen LogP contribution in [-0.4, -0.2) is 22.2 Å². The van der Waals surface area contributed by atoms with Crippen LogP contribution >= 0.6 is 0 Å². The van der Waals surface area contributed by atoms with E-state index in [1.807, 2.05) is 26.0 Å². The number of hydrogen-bond acceptors (Lipinski definition) is 2. The summed E-state index contributed by atoms with van der Waals surface area (Å²) in [5, 5.41) is 9.79. The Labute approximate surface area is 99.2 Å². The van der Waals surface area contributed by atoms with Crippen molar-refractivity contribution in [1.29, 1.82) is 0 Å². The minimum Gasteiger partial charge on any atom is -0.478 e. The highest BCUT2D eigenvalue weighted by Gasteiger charge is 2.10. The van der Waals surface area contributed by atoms with Gasteiger partial charge in [-0.1, -0.05) is 6.07 Å². The van der Waals surface area contributed by atoms with Crippen molar-refractivity contribution in [3.05, 3.63) is 35.5 Å². The molecule has 0 aliphatic heterocycles. The zero-order chi connectivity index (χ0) is 12.4. The Morgan fingerprint density at radius 1 is 1.47 bits per heavy atom. The van der Waals surface area contributed by atoms with Gasteiger partial charge in [0.25, 0.3) is 0 Å². The first kappa shape index (κ1) is 11.7. The van der Waals surface area contributed by atoms with Crippen molar-refractivity contribution in [2.75, 3.05) is 0 Å². The van der Waals surface area contributed by atoms with Gasteiger partial charge in [-0.2, -0.15) is 0 Å². The van der Waals surface area contributed by atoms with Crippen LogP contribution in [0.3, 0.4) is 0 Å². The molecule has 90 valence electrons. The highest BCUT2D eigenvalue weighted by Crippen LogP contribution is 2.20. The molecular weight excluding hydrogens is 218 g/mol. The molecule has 1 aromatic carbocycles. The van der Waals surface area contributed by atoms with Crippen LogP contribution in [0.1, 0.15) is 29.9 Å². The number of aromatic amines is 1. The lowest BCUT2D eigenvalue weighted by molar-refractivity contribution is 0.0639. The Morgan fingerprint density at radius 2 is 2.24 bits per heavy atom. The fourth-order valence-corrected chi connectivity index (χ4v) is 1.73. The molecule has 1 aromatic heterocycles. The number of carbonyl (C=O) groups is 1. The van der Waals surface area contributed by atoms with Crippen molar-refractivity contribution < 1.29 is 14.6 Å². The molecule has 0 saturated carbocycles. The molecule has 4 heteroatoms. The summed E-state index contributed by atoms with van der Waals surface area (Å²) in [5.41, 5.74) is 2.03. The molecule has 0 aliphatic rings. The van der Waals surface area contributed by atoms with E-state index in [-0.39, 0.29) is 6.10 Å². The molecule has 0 amide bonds. The molecule has 4 nitrogen and oxygen atoms in total. The number of aromatic nitrogens is 1. The fraction of sp³-hybridized carbons (Fsp3) is 0.308. The molecule has 0 aliphatic carbocycles. The molecule has 2 N–H and O–H groups in total. The normalized spacial score (nSPS) is 11.2. The number of aromatic carboxylic acids is 1. The first-order chi connectivity index (χ1) is 8.08. The minimum absolute atomic E-state index is 0.153. The molecule has 2 rings (SSSR count). The molecule has 0 spiro atoms. The van der Waals surface area contributed by atoms with E-state index in [1.54, 1.807) is 12.1 Å². The predicted molar refractivity (Wildman–Crippen MR) is 65.2 cm³/mol. The molecule has 1 heterocycles. The van der Waals surface area contributed by atoms with Crippen LogP contribution < -0.4 is 0 Å². The number of H-pyrrole nitrogens is 1. The first-order valence-corrected chi connectivity index (χ1v) is 5.53. The number of carboxylic acids is 1. The topological polar surface area (TPSA) is 62.3 Å². The van der Waals surface area contributed by atoms with E-state index < -0.39 is 5.97 Å². The summed E-state index contributed by atoms with van der Waals surface area (Å²) in [6.45, 7) is 4.39. The van der Waals surface area contributed by atoms with Gasteiger partial charge >= 0.3 is 5.97 Å². The van der Waals surface area contributed by atoms with Gasteiger partial charge in [-0.05, 0) is 32.0 Å². The van der Waals surface area contributed by atoms with E-state index in [9.17, 15) is 4.79 Å². The van der Waals surface area contributed by atoms with Crippen molar-refractivity contribution in [2.24, 2.45) is 0 Å². The monoisotopic (exact) mass is 233 g/mol. The second-order valence-corrected chi connectivity index (χ2v) is 4.23. The molecule has 0 bridgehead atoms. The van der Waals surface area contributed by atoms with Crippen LogP contribution in [-0.2, 0) is 11.3 Å². The lowest BCUT2D eigenvalue weighted by Gasteiger charge is -2.04. The summed E-state index contributed by atoms with van der Waals surface area (Å²) in [6.07, 6.45) is 0.153. The van der Waals surface area contributed by atoms with Gasteiger partial charge in [-0.3, -0.25) is 0 Å². The van der Waals surface area contributed by atoms with E-state index in [0.29, 0.717) is 12.2 Å². The van der Waals surface area contributed by atoms with Crippen LogP contribution in [0.2, 0.25) is 0 Å². The van der Waals surface area contributed by atoms with Crippen molar-refractivity contribution in [1.82, 2.24) is 4.98 Å². The maximum absolute atomic E-state index is 11.0. The van der Waals surface area contributed by atoms with Crippen LogP contribution in [0.5, 0.6) is 0 Å². The van der Waals surface area contributed by atoms with Gasteiger partial charge in [0.15, 0.2) is 0 Å². The number of nitrogens with one attached hydrogen (secondary N) is 1. The van der Waals surface area contributed by atoms with E-state index in [0.717, 1.165) is 16.6 Å². The quantitative estimate of drug-likeness (QED) is 0.853. The SMILES string of the molecule is CC(C)OCc1cc2c(C(=O)O)cccc2[nH]1. The average molecular weight is 233 g/mol. The molecule has 0 atom stereocenters. The number of fused-ring (bicyclic) bond motifs is 1. The number of benzene rings is 1. The Morgan fingerprint density at radius 3 is 2.88 bits per heavy atom. The van der Waals surface area contributed by atoms with Gasteiger partial charge in [0, 0.05) is 16.6 Å². The number of hydrogen-bond donors (Lipinski definition) is 2. The third-order valence-corrected chi connectivity index (χ3v) is 2.52. The fourth-order valence-electron chi connectivity index (χ4n) is 1.73.